The van der Waals surface area contributed by atoms with Gasteiger partial charge in [-0.1, -0.05) is 6.07 Å². The van der Waals surface area contributed by atoms with E-state index in [-0.39, 0.29) is 11.7 Å². The quantitative estimate of drug-likeness (QED) is 0.871. The number of esters is 1. The number of hydrogen-bond acceptors (Lipinski definition) is 4. The van der Waals surface area contributed by atoms with E-state index >= 15 is 0 Å². The van der Waals surface area contributed by atoms with Gasteiger partial charge in [-0.05, 0) is 52.7 Å². The van der Waals surface area contributed by atoms with Gasteiger partial charge in [-0.15, -0.1) is 0 Å². The summed E-state index contributed by atoms with van der Waals surface area (Å²) in [6.45, 7) is 1.74. The maximum atomic E-state index is 12.0. The molecule has 0 aliphatic carbocycles. The van der Waals surface area contributed by atoms with Crippen molar-refractivity contribution in [1.82, 2.24) is 0 Å². The Hall–Kier alpha value is -2.08. The van der Waals surface area contributed by atoms with Crippen LogP contribution in [0.25, 0.3) is 0 Å². The van der Waals surface area contributed by atoms with Crippen LogP contribution in [0.3, 0.4) is 0 Å². The van der Waals surface area contributed by atoms with E-state index in [1.807, 2.05) is 0 Å². The molecule has 1 amide bonds. The molecule has 0 atom stereocenters. The zero-order valence-corrected chi connectivity index (χ0v) is 12.5. The molecule has 1 N–H and O–H groups in total. The number of carbonyl (C=O) groups is 2. The van der Waals surface area contributed by atoms with E-state index < -0.39 is 5.97 Å². The van der Waals surface area contributed by atoms with Crippen LogP contribution >= 0.6 is 15.9 Å². The van der Waals surface area contributed by atoms with Crippen molar-refractivity contribution >= 4 is 33.5 Å². The van der Waals surface area contributed by atoms with E-state index in [0.717, 1.165) is 0 Å². The van der Waals surface area contributed by atoms with Gasteiger partial charge in [0.1, 0.15) is 0 Å². The molecule has 2 rings (SSSR count). The van der Waals surface area contributed by atoms with Gasteiger partial charge in [0, 0.05) is 5.69 Å². The van der Waals surface area contributed by atoms with Crippen molar-refractivity contribution in [2.24, 2.45) is 0 Å². The summed E-state index contributed by atoms with van der Waals surface area (Å²) in [5.74, 6) is -0.653. The van der Waals surface area contributed by atoms with E-state index in [9.17, 15) is 9.59 Å². The van der Waals surface area contributed by atoms with Gasteiger partial charge in [0.25, 0.3) is 5.91 Å². The van der Waals surface area contributed by atoms with Crippen molar-refractivity contribution in [1.29, 1.82) is 0 Å². The lowest BCUT2D eigenvalue weighted by atomic mass is 10.1. The fourth-order valence-corrected chi connectivity index (χ4v) is 2.03. The predicted octanol–water partition coefficient (Wildman–Crippen LogP) is 3.39. The minimum Gasteiger partial charge on any atom is -0.465 e. The number of nitrogens with one attached hydrogen (secondary N) is 1. The van der Waals surface area contributed by atoms with Crippen molar-refractivity contribution in [3.63, 3.8) is 0 Å². The number of benzene rings is 1. The number of methoxy groups -OCH3 is 1. The largest absolute Gasteiger partial charge is 0.465 e. The van der Waals surface area contributed by atoms with Crippen LogP contribution in [0.15, 0.2) is 39.4 Å². The number of rotatable bonds is 3. The van der Waals surface area contributed by atoms with Crippen LogP contribution in [0.1, 0.15) is 26.5 Å². The Morgan fingerprint density at radius 2 is 2.00 bits per heavy atom. The SMILES string of the molecule is COC(=O)c1cccc(NC(=O)c2ccc(Br)o2)c1C. The first kappa shape index (κ1) is 14.3. The molecule has 1 aromatic heterocycles. The van der Waals surface area contributed by atoms with Crippen LogP contribution in [0.2, 0.25) is 0 Å². The average Bonchev–Trinajstić information content (AvgIpc) is 2.87. The summed E-state index contributed by atoms with van der Waals surface area (Å²) in [6, 6.07) is 8.20. The van der Waals surface area contributed by atoms with Gasteiger partial charge in [-0.3, -0.25) is 4.79 Å². The summed E-state index contributed by atoms with van der Waals surface area (Å²) in [7, 11) is 1.31. The molecule has 1 heterocycles. The van der Waals surface area contributed by atoms with Crippen LogP contribution < -0.4 is 5.32 Å². The minimum atomic E-state index is -0.445. The third-order valence-electron chi connectivity index (χ3n) is 2.78. The summed E-state index contributed by atoms with van der Waals surface area (Å²) in [5.41, 5.74) is 1.58. The second-order valence-electron chi connectivity index (χ2n) is 4.03. The molecule has 20 heavy (non-hydrogen) atoms. The standard InChI is InChI=1S/C14H12BrNO4/c1-8-9(14(18)19-2)4-3-5-10(8)16-13(17)11-6-7-12(15)20-11/h3-7H,1-2H3,(H,16,17). The van der Waals surface area contributed by atoms with E-state index in [1.54, 1.807) is 37.3 Å². The predicted molar refractivity (Wildman–Crippen MR) is 76.9 cm³/mol. The number of hydrogen-bond donors (Lipinski definition) is 1. The van der Waals surface area contributed by atoms with Gasteiger partial charge in [0.05, 0.1) is 12.7 Å². The lowest BCUT2D eigenvalue weighted by Gasteiger charge is -2.10. The van der Waals surface area contributed by atoms with Crippen molar-refractivity contribution in [3.8, 4) is 0 Å². The number of halogens is 1. The Morgan fingerprint density at radius 1 is 1.25 bits per heavy atom. The second kappa shape index (κ2) is 5.92. The van der Waals surface area contributed by atoms with Crippen molar-refractivity contribution in [3.05, 3.63) is 51.9 Å². The van der Waals surface area contributed by atoms with Crippen molar-refractivity contribution < 1.29 is 18.7 Å². The number of amides is 1. The Balaban J connectivity index is 2.26. The highest BCUT2D eigenvalue weighted by Crippen LogP contribution is 2.21. The second-order valence-corrected chi connectivity index (χ2v) is 4.81. The molecule has 0 saturated carbocycles. The monoisotopic (exact) mass is 337 g/mol. The van der Waals surface area contributed by atoms with E-state index in [4.69, 9.17) is 4.42 Å². The molecule has 1 aromatic carbocycles. The first-order chi connectivity index (χ1) is 9.52. The van der Waals surface area contributed by atoms with Gasteiger partial charge >= 0.3 is 5.97 Å². The molecule has 5 nitrogen and oxygen atoms in total. The fraction of sp³-hybridized carbons (Fsp3) is 0.143. The highest BCUT2D eigenvalue weighted by atomic mass is 79.9. The van der Waals surface area contributed by atoms with Crippen LogP contribution in [-0.2, 0) is 4.74 Å². The number of furan rings is 1. The molecule has 0 unspecified atom stereocenters. The molecule has 0 bridgehead atoms. The first-order valence-corrected chi connectivity index (χ1v) is 6.57. The van der Waals surface area contributed by atoms with E-state index in [1.165, 1.54) is 7.11 Å². The highest BCUT2D eigenvalue weighted by Gasteiger charge is 2.15. The topological polar surface area (TPSA) is 68.5 Å². The molecule has 0 aliphatic heterocycles. The van der Waals surface area contributed by atoms with Gasteiger partial charge in [-0.25, -0.2) is 4.79 Å². The van der Waals surface area contributed by atoms with E-state index in [0.29, 0.717) is 21.5 Å². The number of carbonyl (C=O) groups excluding carboxylic acids is 2. The number of anilines is 1. The van der Waals surface area contributed by atoms with Gasteiger partial charge in [0.15, 0.2) is 10.4 Å². The molecule has 0 spiro atoms. The fourth-order valence-electron chi connectivity index (χ4n) is 1.72. The Morgan fingerprint density at radius 3 is 2.60 bits per heavy atom. The Bertz CT molecular complexity index is 663. The molecular formula is C14H12BrNO4. The maximum Gasteiger partial charge on any atom is 0.338 e. The third kappa shape index (κ3) is 2.91. The lowest BCUT2D eigenvalue weighted by Crippen LogP contribution is -2.13. The molecule has 2 aromatic rings. The van der Waals surface area contributed by atoms with Crippen LogP contribution in [0, 0.1) is 6.92 Å². The Labute approximate surface area is 124 Å². The van der Waals surface area contributed by atoms with Crippen LogP contribution in [-0.4, -0.2) is 19.0 Å². The lowest BCUT2D eigenvalue weighted by molar-refractivity contribution is 0.0599. The smallest absolute Gasteiger partial charge is 0.338 e. The Kier molecular flexibility index (Phi) is 4.24. The molecule has 0 radical (unpaired) electrons. The molecule has 0 fully saturated rings. The summed E-state index contributed by atoms with van der Waals surface area (Å²) >= 11 is 3.13. The summed E-state index contributed by atoms with van der Waals surface area (Å²) in [4.78, 5) is 23.6. The van der Waals surface area contributed by atoms with Gasteiger partial charge < -0.3 is 14.5 Å². The summed E-state index contributed by atoms with van der Waals surface area (Å²) < 4.78 is 10.3. The number of ether oxygens (including phenoxy) is 1. The maximum absolute atomic E-state index is 12.0. The van der Waals surface area contributed by atoms with Gasteiger partial charge in [-0.2, -0.15) is 0 Å². The highest BCUT2D eigenvalue weighted by molar-refractivity contribution is 9.10. The van der Waals surface area contributed by atoms with Crippen LogP contribution in [0.5, 0.6) is 0 Å². The molecule has 104 valence electrons. The molecule has 0 saturated heterocycles. The molecule has 6 heteroatoms. The van der Waals surface area contributed by atoms with Crippen molar-refractivity contribution in [2.75, 3.05) is 12.4 Å². The summed E-state index contributed by atoms with van der Waals surface area (Å²) in [6.07, 6.45) is 0. The minimum absolute atomic E-state index is 0.180. The summed E-state index contributed by atoms with van der Waals surface area (Å²) in [5, 5.41) is 2.70. The van der Waals surface area contributed by atoms with Crippen LogP contribution in [0.4, 0.5) is 5.69 Å². The molecule has 0 aliphatic rings. The van der Waals surface area contributed by atoms with Crippen molar-refractivity contribution in [2.45, 2.75) is 6.92 Å². The zero-order valence-electron chi connectivity index (χ0n) is 10.9. The zero-order chi connectivity index (χ0) is 14.7. The molecular weight excluding hydrogens is 326 g/mol. The van der Waals surface area contributed by atoms with Gasteiger partial charge in [0.2, 0.25) is 0 Å². The average molecular weight is 338 g/mol. The van der Waals surface area contributed by atoms with E-state index in [2.05, 4.69) is 26.0 Å². The normalized spacial score (nSPS) is 10.2. The third-order valence-corrected chi connectivity index (χ3v) is 3.21. The first-order valence-electron chi connectivity index (χ1n) is 5.77.